The Hall–Kier alpha value is -0.610. The lowest BCUT2D eigenvalue weighted by molar-refractivity contribution is -0.118. The molecule has 1 amide bonds. The van der Waals surface area contributed by atoms with Crippen LogP contribution in [0.5, 0.6) is 0 Å². The van der Waals surface area contributed by atoms with Gasteiger partial charge in [-0.3, -0.25) is 4.79 Å². The Kier molecular flexibility index (Phi) is 17.3. The van der Waals surface area contributed by atoms with Gasteiger partial charge in [-0.1, -0.05) is 71.1 Å². The van der Waals surface area contributed by atoms with Gasteiger partial charge >= 0.3 is 0 Å². The second-order valence-electron chi connectivity index (χ2n) is 6.75. The molecule has 0 aromatic carbocycles. The minimum absolute atomic E-state index is 0.193. The van der Waals surface area contributed by atoms with Crippen molar-refractivity contribution in [3.63, 3.8) is 0 Å². The fraction of sp³-hybridized carbons (Fsp3) is 0.947. The Morgan fingerprint density at radius 2 is 1.48 bits per heavy atom. The molecule has 1 atom stereocenters. The first-order valence-electron chi connectivity index (χ1n) is 9.84. The molecular formula is C19H40N2O2. The van der Waals surface area contributed by atoms with Crippen molar-refractivity contribution in [1.82, 2.24) is 5.32 Å². The van der Waals surface area contributed by atoms with E-state index in [-0.39, 0.29) is 12.0 Å². The molecule has 0 rings (SSSR count). The van der Waals surface area contributed by atoms with Crippen LogP contribution >= 0.6 is 0 Å². The molecule has 0 saturated carbocycles. The summed E-state index contributed by atoms with van der Waals surface area (Å²) in [6, 6.07) is 0. The van der Waals surface area contributed by atoms with E-state index >= 15 is 0 Å². The van der Waals surface area contributed by atoms with Crippen molar-refractivity contribution in [2.75, 3.05) is 13.1 Å². The maximum Gasteiger partial charge on any atom is 0.217 e. The van der Waals surface area contributed by atoms with Crippen LogP contribution in [-0.4, -0.2) is 30.2 Å². The zero-order valence-corrected chi connectivity index (χ0v) is 15.3. The number of primary amides is 1. The number of hydrogen-bond acceptors (Lipinski definition) is 3. The van der Waals surface area contributed by atoms with Gasteiger partial charge in [0.15, 0.2) is 0 Å². The summed E-state index contributed by atoms with van der Waals surface area (Å²) >= 11 is 0. The standard InChI is InChI=1S/C19H40N2O2/c1-2-3-4-5-10-13-16-21-17-18(22)14-11-8-6-7-9-12-15-19(20)23/h18,21-22H,2-17H2,1H3,(H2,20,23). The minimum Gasteiger partial charge on any atom is -0.392 e. The van der Waals surface area contributed by atoms with Crippen molar-refractivity contribution in [2.24, 2.45) is 5.73 Å². The van der Waals surface area contributed by atoms with Crippen molar-refractivity contribution >= 4 is 5.91 Å². The molecule has 0 aromatic rings. The van der Waals surface area contributed by atoms with Crippen molar-refractivity contribution in [3.05, 3.63) is 0 Å². The van der Waals surface area contributed by atoms with E-state index in [0.717, 1.165) is 38.8 Å². The highest BCUT2D eigenvalue weighted by atomic mass is 16.3. The third-order valence-electron chi connectivity index (χ3n) is 4.30. The molecule has 4 nitrogen and oxygen atoms in total. The number of nitrogens with two attached hydrogens (primary N) is 1. The maximum absolute atomic E-state index is 10.6. The highest BCUT2D eigenvalue weighted by Crippen LogP contribution is 2.09. The summed E-state index contributed by atoms with van der Waals surface area (Å²) in [5.41, 5.74) is 5.10. The molecule has 0 aromatic heterocycles. The van der Waals surface area contributed by atoms with Gasteiger partial charge in [-0.25, -0.2) is 0 Å². The quantitative estimate of drug-likeness (QED) is 0.334. The van der Waals surface area contributed by atoms with Crippen LogP contribution in [0.25, 0.3) is 0 Å². The van der Waals surface area contributed by atoms with Gasteiger partial charge in [0, 0.05) is 13.0 Å². The molecule has 0 bridgehead atoms. The Morgan fingerprint density at radius 1 is 0.913 bits per heavy atom. The summed E-state index contributed by atoms with van der Waals surface area (Å²) in [5, 5.41) is 13.3. The van der Waals surface area contributed by atoms with E-state index in [2.05, 4.69) is 12.2 Å². The molecule has 0 aliphatic carbocycles. The first-order chi connectivity index (χ1) is 11.2. The molecule has 0 aliphatic rings. The number of rotatable bonds is 18. The predicted molar refractivity (Wildman–Crippen MR) is 98.4 cm³/mol. The van der Waals surface area contributed by atoms with E-state index in [1.807, 2.05) is 0 Å². The maximum atomic E-state index is 10.6. The largest absolute Gasteiger partial charge is 0.392 e. The Morgan fingerprint density at radius 3 is 2.13 bits per heavy atom. The van der Waals surface area contributed by atoms with Crippen LogP contribution in [0, 0.1) is 0 Å². The van der Waals surface area contributed by atoms with Crippen LogP contribution in [0.15, 0.2) is 0 Å². The second kappa shape index (κ2) is 17.7. The molecule has 0 heterocycles. The molecular weight excluding hydrogens is 288 g/mol. The van der Waals surface area contributed by atoms with Crippen LogP contribution in [-0.2, 0) is 4.79 Å². The average molecular weight is 329 g/mol. The van der Waals surface area contributed by atoms with Crippen LogP contribution in [0.4, 0.5) is 0 Å². The summed E-state index contributed by atoms with van der Waals surface area (Å²) < 4.78 is 0. The smallest absolute Gasteiger partial charge is 0.217 e. The van der Waals surface area contributed by atoms with Gasteiger partial charge in [0.2, 0.25) is 5.91 Å². The number of carbonyl (C=O) groups is 1. The number of amides is 1. The number of unbranched alkanes of at least 4 members (excludes halogenated alkanes) is 10. The minimum atomic E-state index is -0.204. The summed E-state index contributed by atoms with van der Waals surface area (Å²) in [7, 11) is 0. The number of aliphatic hydroxyl groups excluding tert-OH is 1. The van der Waals surface area contributed by atoms with E-state index in [4.69, 9.17) is 5.73 Å². The lowest BCUT2D eigenvalue weighted by Crippen LogP contribution is -2.27. The SMILES string of the molecule is CCCCCCCCNCC(O)CCCCCCCCC(N)=O. The second-order valence-corrected chi connectivity index (χ2v) is 6.75. The summed E-state index contributed by atoms with van der Waals surface area (Å²) in [5.74, 6) is -0.193. The zero-order valence-electron chi connectivity index (χ0n) is 15.3. The topological polar surface area (TPSA) is 75.3 Å². The molecule has 0 spiro atoms. The monoisotopic (exact) mass is 328 g/mol. The number of hydrogen-bond donors (Lipinski definition) is 3. The molecule has 0 saturated heterocycles. The lowest BCUT2D eigenvalue weighted by Gasteiger charge is -2.11. The van der Waals surface area contributed by atoms with Gasteiger partial charge in [0.05, 0.1) is 6.10 Å². The highest BCUT2D eigenvalue weighted by Gasteiger charge is 2.03. The van der Waals surface area contributed by atoms with Gasteiger partial charge in [-0.15, -0.1) is 0 Å². The zero-order chi connectivity index (χ0) is 17.2. The number of carbonyl (C=O) groups excluding carboxylic acids is 1. The van der Waals surface area contributed by atoms with E-state index in [9.17, 15) is 9.90 Å². The Labute approximate surface area is 143 Å². The van der Waals surface area contributed by atoms with Gasteiger partial charge in [0.25, 0.3) is 0 Å². The van der Waals surface area contributed by atoms with Crippen molar-refractivity contribution in [3.8, 4) is 0 Å². The van der Waals surface area contributed by atoms with E-state index in [0.29, 0.717) is 6.42 Å². The van der Waals surface area contributed by atoms with Gasteiger partial charge in [-0.2, -0.15) is 0 Å². The fourth-order valence-corrected chi connectivity index (χ4v) is 2.79. The van der Waals surface area contributed by atoms with E-state index < -0.39 is 0 Å². The average Bonchev–Trinajstić information content (AvgIpc) is 2.52. The number of aliphatic hydroxyl groups is 1. The molecule has 0 radical (unpaired) electrons. The van der Waals surface area contributed by atoms with Crippen molar-refractivity contribution in [1.29, 1.82) is 0 Å². The predicted octanol–water partition coefficient (Wildman–Crippen LogP) is 3.90. The van der Waals surface area contributed by atoms with Crippen molar-refractivity contribution < 1.29 is 9.90 Å². The molecule has 0 fully saturated rings. The van der Waals surface area contributed by atoms with Crippen molar-refractivity contribution in [2.45, 2.75) is 103 Å². The molecule has 4 N–H and O–H groups in total. The summed E-state index contributed by atoms with van der Waals surface area (Å²) in [6.07, 6.45) is 15.7. The van der Waals surface area contributed by atoms with Crippen LogP contribution in [0.1, 0.15) is 96.8 Å². The van der Waals surface area contributed by atoms with E-state index in [1.54, 1.807) is 0 Å². The third-order valence-corrected chi connectivity index (χ3v) is 4.30. The van der Waals surface area contributed by atoms with Gasteiger partial charge < -0.3 is 16.2 Å². The Balaban J connectivity index is 3.16. The first kappa shape index (κ1) is 22.4. The third kappa shape index (κ3) is 19.3. The van der Waals surface area contributed by atoms with E-state index in [1.165, 1.54) is 57.8 Å². The fourth-order valence-electron chi connectivity index (χ4n) is 2.79. The van der Waals surface area contributed by atoms with Gasteiger partial charge in [-0.05, 0) is 25.8 Å². The molecule has 1 unspecified atom stereocenters. The molecule has 0 aliphatic heterocycles. The molecule has 138 valence electrons. The Bertz CT molecular complexity index is 260. The van der Waals surface area contributed by atoms with Crippen LogP contribution in [0.3, 0.4) is 0 Å². The summed E-state index contributed by atoms with van der Waals surface area (Å²) in [6.45, 7) is 4.00. The first-order valence-corrected chi connectivity index (χ1v) is 9.84. The highest BCUT2D eigenvalue weighted by molar-refractivity contribution is 5.73. The number of nitrogens with one attached hydrogen (secondary N) is 1. The lowest BCUT2D eigenvalue weighted by atomic mass is 10.1. The van der Waals surface area contributed by atoms with Gasteiger partial charge in [0.1, 0.15) is 0 Å². The van der Waals surface area contributed by atoms with Crippen LogP contribution in [0.2, 0.25) is 0 Å². The summed E-state index contributed by atoms with van der Waals surface area (Å²) in [4.78, 5) is 10.6. The normalized spacial score (nSPS) is 12.4. The molecule has 23 heavy (non-hydrogen) atoms. The molecule has 4 heteroatoms. The van der Waals surface area contributed by atoms with Crippen LogP contribution < -0.4 is 11.1 Å².